The molecule has 0 saturated carbocycles. The van der Waals surface area contributed by atoms with E-state index in [2.05, 4.69) is 218 Å². The molecule has 14 rings (SSSR count). The molecule has 0 aliphatic heterocycles. The predicted octanol–water partition coefficient (Wildman–Crippen LogP) is 17.6. The smallest absolute Gasteiger partial charge is 0.00259 e. The molecule has 0 bridgehead atoms. The normalized spacial score (nSPS) is 12.5. The monoisotopic (exact) mass is 780 g/mol. The molecule has 0 heterocycles. The van der Waals surface area contributed by atoms with Gasteiger partial charge in [0.15, 0.2) is 0 Å². The number of hydrogen-bond acceptors (Lipinski definition) is 0. The highest BCUT2D eigenvalue weighted by Gasteiger charge is 2.16. The molecule has 0 radical (unpaired) electrons. The van der Waals surface area contributed by atoms with Crippen LogP contribution in [0.5, 0.6) is 0 Å². The van der Waals surface area contributed by atoms with Gasteiger partial charge in [-0.1, -0.05) is 170 Å². The van der Waals surface area contributed by atoms with Crippen LogP contribution in [-0.2, 0) is 0 Å². The maximum atomic E-state index is 2.41. The second-order valence-electron chi connectivity index (χ2n) is 17.2. The molecule has 0 aromatic heterocycles. The standard InChI is InChI=1S/C62H36/c1-7-39-9-3-17-55-57-35-49(33-47-11-5-15-53(61(47)57)51(13-1)59(39)55)45-27-25-41-29-37(21-23-43(41)31-45)19-20-38-22-24-44-32-46(28-26-42(44)30-38)50-34-48-12-6-16-54-52-14-2-8-40-10-4-18-56(60(40)52)58(36-50)62(48)54/h1-36H. The number of hydrogen-bond donors (Lipinski definition) is 0. The average molecular weight is 781 g/mol. The Labute approximate surface area is 357 Å². The van der Waals surface area contributed by atoms with Crippen LogP contribution in [0.15, 0.2) is 206 Å². The van der Waals surface area contributed by atoms with Gasteiger partial charge in [-0.25, -0.2) is 0 Å². The van der Waals surface area contributed by atoms with E-state index in [0.29, 0.717) is 0 Å². The second kappa shape index (κ2) is 12.7. The molecular formula is C62H36. The fraction of sp³-hybridized carbons (Fsp3) is 0. The maximum Gasteiger partial charge on any atom is -0.00259 e. The molecule has 0 spiro atoms. The summed E-state index contributed by atoms with van der Waals surface area (Å²) in [6.07, 6.45) is 4.47. The quantitative estimate of drug-likeness (QED) is 0.0948. The Morgan fingerprint density at radius 1 is 0.194 bits per heavy atom. The minimum Gasteiger partial charge on any atom is -0.0610 e. The van der Waals surface area contributed by atoms with Gasteiger partial charge in [-0.2, -0.15) is 0 Å². The third-order valence-corrected chi connectivity index (χ3v) is 13.8. The van der Waals surface area contributed by atoms with Crippen molar-refractivity contribution in [3.8, 4) is 22.3 Å². The zero-order chi connectivity index (χ0) is 40.5. The summed E-state index contributed by atoms with van der Waals surface area (Å²) in [5.41, 5.74) is 7.36. The van der Waals surface area contributed by atoms with Crippen LogP contribution in [0.25, 0.3) is 142 Å². The van der Waals surface area contributed by atoms with Crippen LogP contribution in [0, 0.1) is 0 Å². The van der Waals surface area contributed by atoms with Gasteiger partial charge in [-0.05, 0) is 190 Å². The zero-order valence-electron chi connectivity index (χ0n) is 33.8. The Hall–Kier alpha value is -8.06. The van der Waals surface area contributed by atoms with E-state index < -0.39 is 0 Å². The van der Waals surface area contributed by atoms with Crippen molar-refractivity contribution in [3.05, 3.63) is 217 Å². The van der Waals surface area contributed by atoms with Crippen molar-refractivity contribution in [2.75, 3.05) is 0 Å². The van der Waals surface area contributed by atoms with E-state index in [0.717, 1.165) is 0 Å². The summed E-state index contributed by atoms with van der Waals surface area (Å²) < 4.78 is 0. The van der Waals surface area contributed by atoms with Gasteiger partial charge in [0.05, 0.1) is 0 Å². The molecular weight excluding hydrogens is 745 g/mol. The molecule has 0 atom stereocenters. The first-order valence-corrected chi connectivity index (χ1v) is 21.6. The minimum atomic E-state index is 1.19. The Kier molecular flexibility index (Phi) is 6.92. The van der Waals surface area contributed by atoms with Crippen molar-refractivity contribution in [2.24, 2.45) is 0 Å². The van der Waals surface area contributed by atoms with E-state index >= 15 is 0 Å². The first-order valence-electron chi connectivity index (χ1n) is 21.6. The molecule has 0 nitrogen and oxygen atoms in total. The lowest BCUT2D eigenvalue weighted by molar-refractivity contribution is 1.67. The van der Waals surface area contributed by atoms with Gasteiger partial charge in [0.2, 0.25) is 0 Å². The first kappa shape index (κ1) is 33.7. The van der Waals surface area contributed by atoms with Gasteiger partial charge in [-0.15, -0.1) is 0 Å². The highest BCUT2D eigenvalue weighted by atomic mass is 14.2. The zero-order valence-corrected chi connectivity index (χ0v) is 33.8. The van der Waals surface area contributed by atoms with E-state index in [1.165, 1.54) is 141 Å². The molecule has 0 aliphatic rings. The molecule has 0 N–H and O–H groups in total. The van der Waals surface area contributed by atoms with E-state index in [1.807, 2.05) is 0 Å². The highest BCUT2D eigenvalue weighted by Crippen LogP contribution is 2.44. The maximum absolute atomic E-state index is 2.41. The first-order chi connectivity index (χ1) is 30.7. The van der Waals surface area contributed by atoms with Crippen LogP contribution < -0.4 is 0 Å². The molecule has 14 aromatic rings. The molecule has 62 heavy (non-hydrogen) atoms. The molecule has 0 fully saturated rings. The molecule has 0 aliphatic carbocycles. The van der Waals surface area contributed by atoms with Gasteiger partial charge < -0.3 is 0 Å². The largest absolute Gasteiger partial charge is 0.0610 e. The summed E-state index contributed by atoms with van der Waals surface area (Å²) in [6.45, 7) is 0. The van der Waals surface area contributed by atoms with E-state index in [9.17, 15) is 0 Å². The van der Waals surface area contributed by atoms with E-state index in [1.54, 1.807) is 0 Å². The van der Waals surface area contributed by atoms with Gasteiger partial charge in [-0.3, -0.25) is 0 Å². The summed E-state index contributed by atoms with van der Waals surface area (Å²) in [5, 5.41) is 26.2. The van der Waals surface area contributed by atoms with Crippen molar-refractivity contribution < 1.29 is 0 Å². The summed E-state index contributed by atoms with van der Waals surface area (Å²) in [7, 11) is 0. The molecule has 0 heteroatoms. The summed E-state index contributed by atoms with van der Waals surface area (Å²) >= 11 is 0. The average Bonchev–Trinajstić information content (AvgIpc) is 3.33. The Balaban J connectivity index is 0.780. The Morgan fingerprint density at radius 3 is 0.903 bits per heavy atom. The summed E-state index contributed by atoms with van der Waals surface area (Å²) in [5.74, 6) is 0. The van der Waals surface area contributed by atoms with Crippen LogP contribution in [0.1, 0.15) is 11.1 Å². The van der Waals surface area contributed by atoms with Crippen LogP contribution in [0.4, 0.5) is 0 Å². The van der Waals surface area contributed by atoms with Crippen molar-refractivity contribution in [1.29, 1.82) is 0 Å². The fourth-order valence-electron chi connectivity index (χ4n) is 10.9. The molecule has 0 unspecified atom stereocenters. The predicted molar refractivity (Wildman–Crippen MR) is 270 cm³/mol. The van der Waals surface area contributed by atoms with Gasteiger partial charge in [0.1, 0.15) is 0 Å². The molecule has 14 aromatic carbocycles. The lowest BCUT2D eigenvalue weighted by atomic mass is 9.87. The van der Waals surface area contributed by atoms with E-state index in [-0.39, 0.29) is 0 Å². The summed E-state index contributed by atoms with van der Waals surface area (Å²) in [4.78, 5) is 0. The third-order valence-electron chi connectivity index (χ3n) is 13.8. The SMILES string of the molecule is C(=Cc1ccc2cc(-c3cc4cccc5c6cccc7cccc(c(c3)c45)c76)ccc2c1)c1ccc2cc(-c3cc4cccc5c6cccc7cccc(c(c3)c45)c76)ccc2c1. The van der Waals surface area contributed by atoms with Gasteiger partial charge in [0.25, 0.3) is 0 Å². The third kappa shape index (κ3) is 4.95. The van der Waals surface area contributed by atoms with Crippen molar-refractivity contribution in [2.45, 2.75) is 0 Å². The Bertz CT molecular complexity index is 3920. The molecule has 0 amide bonds. The van der Waals surface area contributed by atoms with Gasteiger partial charge in [0, 0.05) is 0 Å². The number of fused-ring (bicyclic) bond motifs is 6. The van der Waals surface area contributed by atoms with E-state index in [4.69, 9.17) is 0 Å². The lowest BCUT2D eigenvalue weighted by Gasteiger charge is -2.16. The summed E-state index contributed by atoms with van der Waals surface area (Å²) in [6, 6.07) is 77.3. The van der Waals surface area contributed by atoms with Gasteiger partial charge >= 0.3 is 0 Å². The molecule has 284 valence electrons. The van der Waals surface area contributed by atoms with Crippen LogP contribution in [-0.4, -0.2) is 0 Å². The minimum absolute atomic E-state index is 1.19. The van der Waals surface area contributed by atoms with Crippen molar-refractivity contribution in [3.63, 3.8) is 0 Å². The highest BCUT2D eigenvalue weighted by molar-refractivity contribution is 6.34. The van der Waals surface area contributed by atoms with Crippen molar-refractivity contribution in [1.82, 2.24) is 0 Å². The lowest BCUT2D eigenvalue weighted by Crippen LogP contribution is -1.88. The van der Waals surface area contributed by atoms with Crippen LogP contribution in [0.2, 0.25) is 0 Å². The Morgan fingerprint density at radius 2 is 0.500 bits per heavy atom. The fourth-order valence-corrected chi connectivity index (χ4v) is 10.9. The van der Waals surface area contributed by atoms with Crippen LogP contribution in [0.3, 0.4) is 0 Å². The second-order valence-corrected chi connectivity index (χ2v) is 17.2. The van der Waals surface area contributed by atoms with Crippen LogP contribution >= 0.6 is 0 Å². The number of benzene rings is 14. The van der Waals surface area contributed by atoms with Crippen molar-refractivity contribution >= 4 is 120 Å². The molecule has 0 saturated heterocycles. The number of rotatable bonds is 4. The topological polar surface area (TPSA) is 0 Å².